The van der Waals surface area contributed by atoms with Gasteiger partial charge in [-0.15, -0.1) is 0 Å². The van der Waals surface area contributed by atoms with Crippen LogP contribution in [-0.2, 0) is 11.0 Å². The van der Waals surface area contributed by atoms with E-state index in [4.69, 9.17) is 0 Å². The van der Waals surface area contributed by atoms with Crippen molar-refractivity contribution in [2.24, 2.45) is 0 Å². The highest BCUT2D eigenvalue weighted by Crippen LogP contribution is 2.37. The zero-order valence-corrected chi connectivity index (χ0v) is 14.3. The Kier molecular flexibility index (Phi) is 4.91. The van der Waals surface area contributed by atoms with E-state index in [9.17, 15) is 27.2 Å². The van der Waals surface area contributed by atoms with Crippen LogP contribution in [0.15, 0.2) is 42.5 Å². The van der Waals surface area contributed by atoms with Gasteiger partial charge in [-0.05, 0) is 47.9 Å². The Balaban J connectivity index is 1.92. The second-order valence-corrected chi connectivity index (χ2v) is 6.34. The van der Waals surface area contributed by atoms with Gasteiger partial charge in [-0.2, -0.15) is 13.2 Å². The number of nitrogens with zero attached hydrogens (tertiary/aromatic N) is 1. The van der Waals surface area contributed by atoms with E-state index in [1.165, 1.54) is 29.2 Å². The summed E-state index contributed by atoms with van der Waals surface area (Å²) in [5, 5.41) is 2.58. The predicted molar refractivity (Wildman–Crippen MR) is 90.3 cm³/mol. The van der Waals surface area contributed by atoms with E-state index in [2.05, 4.69) is 5.32 Å². The van der Waals surface area contributed by atoms with Gasteiger partial charge in [-0.3, -0.25) is 9.59 Å². The molecule has 3 rings (SSSR count). The zero-order chi connectivity index (χ0) is 19.8. The fraction of sp³-hybridized carbons (Fsp3) is 0.263. The van der Waals surface area contributed by atoms with Crippen molar-refractivity contribution in [3.63, 3.8) is 0 Å². The summed E-state index contributed by atoms with van der Waals surface area (Å²) in [6.07, 6.45) is -4.20. The fourth-order valence-corrected chi connectivity index (χ4v) is 3.03. The molecule has 1 aliphatic rings. The van der Waals surface area contributed by atoms with Gasteiger partial charge >= 0.3 is 6.18 Å². The fourth-order valence-electron chi connectivity index (χ4n) is 3.03. The number of hydrogen-bond donors (Lipinski definition) is 1. The molecular weight excluding hydrogens is 364 g/mol. The lowest BCUT2D eigenvalue weighted by Gasteiger charge is -2.15. The molecule has 1 heterocycles. The molecule has 0 radical (unpaired) electrons. The molecule has 0 aliphatic carbocycles. The van der Waals surface area contributed by atoms with E-state index < -0.39 is 29.5 Å². The third-order valence-corrected chi connectivity index (χ3v) is 4.46. The van der Waals surface area contributed by atoms with Crippen molar-refractivity contribution < 1.29 is 27.2 Å². The first-order chi connectivity index (χ1) is 12.7. The second kappa shape index (κ2) is 7.02. The van der Waals surface area contributed by atoms with Gasteiger partial charge < -0.3 is 10.2 Å². The molecule has 142 valence electrons. The van der Waals surface area contributed by atoms with Gasteiger partial charge in [0.05, 0.1) is 5.56 Å². The third kappa shape index (κ3) is 3.94. The molecule has 0 aromatic heterocycles. The van der Waals surface area contributed by atoms with E-state index in [1.54, 1.807) is 7.05 Å². The summed E-state index contributed by atoms with van der Waals surface area (Å²) in [4.78, 5) is 25.8. The van der Waals surface area contributed by atoms with Crippen LogP contribution < -0.4 is 5.32 Å². The van der Waals surface area contributed by atoms with Crippen LogP contribution in [0.2, 0.25) is 0 Å². The molecule has 0 unspecified atom stereocenters. The normalized spacial score (nSPS) is 17.3. The van der Waals surface area contributed by atoms with Crippen molar-refractivity contribution in [2.45, 2.75) is 18.6 Å². The van der Waals surface area contributed by atoms with Gasteiger partial charge in [0.15, 0.2) is 0 Å². The van der Waals surface area contributed by atoms with Crippen molar-refractivity contribution in [3.8, 4) is 11.1 Å². The first-order valence-corrected chi connectivity index (χ1v) is 8.20. The maximum atomic E-state index is 13.5. The monoisotopic (exact) mass is 380 g/mol. The first kappa shape index (κ1) is 18.9. The van der Waals surface area contributed by atoms with Gasteiger partial charge in [0, 0.05) is 19.2 Å². The highest BCUT2D eigenvalue weighted by Gasteiger charge is 2.34. The maximum Gasteiger partial charge on any atom is 0.417 e. The molecular formula is C19H16F4N2O2. The van der Waals surface area contributed by atoms with Crippen LogP contribution >= 0.6 is 0 Å². The number of halogens is 4. The molecule has 2 aromatic rings. The summed E-state index contributed by atoms with van der Waals surface area (Å²) in [6, 6.07) is 7.00. The minimum absolute atomic E-state index is 0.0596. The summed E-state index contributed by atoms with van der Waals surface area (Å²) in [6.45, 7) is 0.516. The molecule has 1 aliphatic heterocycles. The summed E-state index contributed by atoms with van der Waals surface area (Å²) in [5.74, 6) is -1.60. The Morgan fingerprint density at radius 3 is 2.56 bits per heavy atom. The average Bonchev–Trinajstić information content (AvgIpc) is 2.93. The van der Waals surface area contributed by atoms with Crippen LogP contribution in [0.3, 0.4) is 0 Å². The summed E-state index contributed by atoms with van der Waals surface area (Å²) < 4.78 is 53.2. The minimum atomic E-state index is -4.66. The number of hydrogen-bond acceptors (Lipinski definition) is 2. The highest BCUT2D eigenvalue weighted by molar-refractivity contribution is 5.99. The van der Waals surface area contributed by atoms with E-state index in [-0.39, 0.29) is 22.6 Å². The van der Waals surface area contributed by atoms with E-state index in [0.717, 1.165) is 12.1 Å². The molecule has 0 bridgehead atoms. The SMILES string of the molecule is CN1CC[C@@H](NC(=O)c2cccc(-c3cc(F)ccc3C(F)(F)F)c2)C1=O. The number of carbonyl (C=O) groups excluding carboxylic acids is 2. The topological polar surface area (TPSA) is 49.4 Å². The van der Waals surface area contributed by atoms with Gasteiger partial charge in [-0.1, -0.05) is 12.1 Å². The van der Waals surface area contributed by atoms with Crippen LogP contribution in [0.25, 0.3) is 11.1 Å². The maximum absolute atomic E-state index is 13.5. The number of carbonyl (C=O) groups is 2. The minimum Gasteiger partial charge on any atom is -0.344 e. The van der Waals surface area contributed by atoms with Crippen molar-refractivity contribution in [3.05, 3.63) is 59.4 Å². The van der Waals surface area contributed by atoms with E-state index in [1.807, 2.05) is 0 Å². The first-order valence-electron chi connectivity index (χ1n) is 8.20. The molecule has 27 heavy (non-hydrogen) atoms. The lowest BCUT2D eigenvalue weighted by molar-refractivity contribution is -0.137. The van der Waals surface area contributed by atoms with Crippen molar-refractivity contribution in [2.75, 3.05) is 13.6 Å². The van der Waals surface area contributed by atoms with Crippen LogP contribution in [0, 0.1) is 5.82 Å². The van der Waals surface area contributed by atoms with Gasteiger partial charge in [0.2, 0.25) is 5.91 Å². The quantitative estimate of drug-likeness (QED) is 0.829. The third-order valence-electron chi connectivity index (χ3n) is 4.46. The number of benzene rings is 2. The number of likely N-dealkylation sites (N-methyl/N-ethyl adjacent to an activating group) is 1. The molecule has 0 spiro atoms. The van der Waals surface area contributed by atoms with Crippen LogP contribution in [0.1, 0.15) is 22.3 Å². The highest BCUT2D eigenvalue weighted by atomic mass is 19.4. The lowest BCUT2D eigenvalue weighted by Crippen LogP contribution is -2.40. The van der Waals surface area contributed by atoms with E-state index in [0.29, 0.717) is 19.0 Å². The molecule has 0 saturated carbocycles. The second-order valence-electron chi connectivity index (χ2n) is 6.34. The van der Waals surface area contributed by atoms with Gasteiger partial charge in [0.25, 0.3) is 5.91 Å². The largest absolute Gasteiger partial charge is 0.417 e. The van der Waals surface area contributed by atoms with Crippen molar-refractivity contribution >= 4 is 11.8 Å². The number of likely N-dealkylation sites (tertiary alicyclic amines) is 1. The summed E-state index contributed by atoms with van der Waals surface area (Å²) in [7, 11) is 1.62. The van der Waals surface area contributed by atoms with Gasteiger partial charge in [-0.25, -0.2) is 4.39 Å². The Morgan fingerprint density at radius 1 is 1.19 bits per heavy atom. The zero-order valence-electron chi connectivity index (χ0n) is 14.3. The number of amides is 2. The van der Waals surface area contributed by atoms with Crippen molar-refractivity contribution in [1.29, 1.82) is 0 Å². The molecule has 1 fully saturated rings. The van der Waals surface area contributed by atoms with Crippen LogP contribution in [0.5, 0.6) is 0 Å². The van der Waals surface area contributed by atoms with Crippen LogP contribution in [-0.4, -0.2) is 36.3 Å². The Bertz CT molecular complexity index is 896. The molecule has 2 aromatic carbocycles. The predicted octanol–water partition coefficient (Wildman–Crippen LogP) is 3.47. The molecule has 2 amide bonds. The van der Waals surface area contributed by atoms with Gasteiger partial charge in [0.1, 0.15) is 11.9 Å². The lowest BCUT2D eigenvalue weighted by atomic mass is 9.97. The smallest absolute Gasteiger partial charge is 0.344 e. The molecule has 4 nitrogen and oxygen atoms in total. The summed E-state index contributed by atoms with van der Waals surface area (Å²) >= 11 is 0. The van der Waals surface area contributed by atoms with E-state index >= 15 is 0 Å². The molecule has 1 saturated heterocycles. The molecule has 8 heteroatoms. The van der Waals surface area contributed by atoms with Crippen LogP contribution in [0.4, 0.5) is 17.6 Å². The number of nitrogens with one attached hydrogen (secondary N) is 1. The Labute approximate surface area is 152 Å². The average molecular weight is 380 g/mol. The Morgan fingerprint density at radius 2 is 1.93 bits per heavy atom. The standard InChI is InChI=1S/C19H16F4N2O2/c1-25-8-7-16(18(25)27)24-17(26)12-4-2-3-11(9-12)14-10-13(20)5-6-15(14)19(21,22)23/h2-6,9-10,16H,7-8H2,1H3,(H,24,26)/t16-/m1/s1. The number of alkyl halides is 3. The van der Waals surface area contributed by atoms with Crippen molar-refractivity contribution in [1.82, 2.24) is 10.2 Å². The Hall–Kier alpha value is -2.90. The number of rotatable bonds is 3. The molecule has 1 N–H and O–H groups in total. The molecule has 1 atom stereocenters. The summed E-state index contributed by atoms with van der Waals surface area (Å²) in [5.41, 5.74) is -1.19.